The van der Waals surface area contributed by atoms with Crippen LogP contribution in [-0.4, -0.2) is 72.4 Å². The van der Waals surface area contributed by atoms with Crippen LogP contribution in [0.15, 0.2) is 24.3 Å². The minimum atomic E-state index is -0.518. The first-order valence-electron chi connectivity index (χ1n) is 7.65. The van der Waals surface area contributed by atoms with Gasteiger partial charge in [0.1, 0.15) is 5.82 Å². The number of benzene rings is 1. The largest absolute Gasteiger partial charge is 0.390 e. The third kappa shape index (κ3) is 3.45. The Morgan fingerprint density at radius 3 is 2.59 bits per heavy atom. The number of morpholine rings is 1. The Kier molecular flexibility index (Phi) is 4.71. The number of β-amino-alcohol motifs (C(OH)–C–C–N with tert-alkyl or cyclic N) is 1. The van der Waals surface area contributed by atoms with Gasteiger partial charge in [0.2, 0.25) is 5.91 Å². The smallest absolute Gasteiger partial charge is 0.227 e. The SMILES string of the molecule is O=C(Cc1ccc(F)cc1)N1C[C@@H](O)[C@H](N2CCOCC2)C1. The lowest BCUT2D eigenvalue weighted by Crippen LogP contribution is -2.49. The van der Waals surface area contributed by atoms with Gasteiger partial charge in [0.05, 0.1) is 31.8 Å². The molecule has 0 saturated carbocycles. The van der Waals surface area contributed by atoms with Crippen molar-refractivity contribution >= 4 is 5.91 Å². The maximum atomic E-state index is 12.9. The Labute approximate surface area is 129 Å². The molecule has 120 valence electrons. The lowest BCUT2D eigenvalue weighted by Gasteiger charge is -2.33. The fraction of sp³-hybridized carbons (Fsp3) is 0.562. The van der Waals surface area contributed by atoms with Gasteiger partial charge in [-0.25, -0.2) is 4.39 Å². The first-order chi connectivity index (χ1) is 10.6. The van der Waals surface area contributed by atoms with Gasteiger partial charge in [0.15, 0.2) is 0 Å². The highest BCUT2D eigenvalue weighted by molar-refractivity contribution is 5.79. The van der Waals surface area contributed by atoms with Crippen LogP contribution < -0.4 is 0 Å². The number of amides is 1. The van der Waals surface area contributed by atoms with E-state index in [2.05, 4.69) is 4.90 Å². The maximum Gasteiger partial charge on any atom is 0.227 e. The molecule has 6 heteroatoms. The summed E-state index contributed by atoms with van der Waals surface area (Å²) in [6.07, 6.45) is -0.279. The number of hydrogen-bond donors (Lipinski definition) is 1. The van der Waals surface area contributed by atoms with E-state index in [-0.39, 0.29) is 24.2 Å². The number of aliphatic hydroxyl groups excluding tert-OH is 1. The second kappa shape index (κ2) is 6.73. The summed E-state index contributed by atoms with van der Waals surface area (Å²) in [6.45, 7) is 3.84. The summed E-state index contributed by atoms with van der Waals surface area (Å²) >= 11 is 0. The summed E-state index contributed by atoms with van der Waals surface area (Å²) in [5, 5.41) is 10.2. The molecule has 0 spiro atoms. The zero-order valence-electron chi connectivity index (χ0n) is 12.4. The predicted octanol–water partition coefficient (Wildman–Crippen LogP) is 0.272. The van der Waals surface area contributed by atoms with Crippen LogP contribution in [0.4, 0.5) is 4.39 Å². The number of rotatable bonds is 3. The molecule has 1 aromatic carbocycles. The topological polar surface area (TPSA) is 53.0 Å². The second-order valence-corrected chi connectivity index (χ2v) is 5.89. The second-order valence-electron chi connectivity index (χ2n) is 5.89. The van der Waals surface area contributed by atoms with E-state index in [4.69, 9.17) is 4.74 Å². The number of likely N-dealkylation sites (tertiary alicyclic amines) is 1. The van der Waals surface area contributed by atoms with E-state index in [1.807, 2.05) is 0 Å². The highest BCUT2D eigenvalue weighted by atomic mass is 19.1. The maximum absolute atomic E-state index is 12.9. The van der Waals surface area contributed by atoms with Gasteiger partial charge in [0.25, 0.3) is 0 Å². The molecule has 0 radical (unpaired) electrons. The Bertz CT molecular complexity index is 517. The third-order valence-corrected chi connectivity index (χ3v) is 4.40. The van der Waals surface area contributed by atoms with E-state index < -0.39 is 6.10 Å². The number of ether oxygens (including phenoxy) is 1. The Morgan fingerprint density at radius 2 is 1.91 bits per heavy atom. The molecule has 2 heterocycles. The van der Waals surface area contributed by atoms with E-state index in [9.17, 15) is 14.3 Å². The molecule has 22 heavy (non-hydrogen) atoms. The van der Waals surface area contributed by atoms with Gasteiger partial charge in [-0.2, -0.15) is 0 Å². The van der Waals surface area contributed by atoms with Crippen LogP contribution in [0, 0.1) is 5.82 Å². The lowest BCUT2D eigenvalue weighted by molar-refractivity contribution is -0.129. The number of hydrogen-bond acceptors (Lipinski definition) is 4. The van der Waals surface area contributed by atoms with Crippen molar-refractivity contribution in [2.45, 2.75) is 18.6 Å². The summed E-state index contributed by atoms with van der Waals surface area (Å²) in [6, 6.07) is 5.95. The van der Waals surface area contributed by atoms with Crippen LogP contribution in [0.3, 0.4) is 0 Å². The van der Waals surface area contributed by atoms with E-state index in [0.29, 0.717) is 26.3 Å². The zero-order valence-corrected chi connectivity index (χ0v) is 12.4. The average Bonchev–Trinajstić information content (AvgIpc) is 2.92. The molecule has 2 atom stereocenters. The minimum Gasteiger partial charge on any atom is -0.390 e. The molecule has 1 aromatic rings. The quantitative estimate of drug-likeness (QED) is 0.871. The van der Waals surface area contributed by atoms with Gasteiger partial charge in [-0.1, -0.05) is 12.1 Å². The lowest BCUT2D eigenvalue weighted by atomic mass is 10.1. The molecule has 1 N–H and O–H groups in total. The monoisotopic (exact) mass is 308 g/mol. The van der Waals surface area contributed by atoms with Crippen LogP contribution in [0.2, 0.25) is 0 Å². The number of carbonyl (C=O) groups excluding carboxylic acids is 1. The van der Waals surface area contributed by atoms with Crippen LogP contribution >= 0.6 is 0 Å². The fourth-order valence-corrected chi connectivity index (χ4v) is 3.13. The van der Waals surface area contributed by atoms with E-state index in [1.54, 1.807) is 17.0 Å². The van der Waals surface area contributed by atoms with Crippen molar-refractivity contribution in [1.82, 2.24) is 9.80 Å². The molecule has 2 fully saturated rings. The van der Waals surface area contributed by atoms with Crippen molar-refractivity contribution in [3.05, 3.63) is 35.6 Å². The Morgan fingerprint density at radius 1 is 1.23 bits per heavy atom. The predicted molar refractivity (Wildman–Crippen MR) is 78.9 cm³/mol. The molecular weight excluding hydrogens is 287 g/mol. The molecule has 0 bridgehead atoms. The number of carbonyl (C=O) groups is 1. The zero-order chi connectivity index (χ0) is 15.5. The number of nitrogens with zero attached hydrogens (tertiary/aromatic N) is 2. The van der Waals surface area contributed by atoms with E-state index in [1.165, 1.54) is 12.1 Å². The molecule has 0 aromatic heterocycles. The van der Waals surface area contributed by atoms with Gasteiger partial charge in [-0.3, -0.25) is 9.69 Å². The fourth-order valence-electron chi connectivity index (χ4n) is 3.13. The van der Waals surface area contributed by atoms with Crippen molar-refractivity contribution in [1.29, 1.82) is 0 Å². The molecule has 0 unspecified atom stereocenters. The van der Waals surface area contributed by atoms with Crippen LogP contribution in [0.5, 0.6) is 0 Å². The van der Waals surface area contributed by atoms with E-state index >= 15 is 0 Å². The van der Waals surface area contributed by atoms with Gasteiger partial charge >= 0.3 is 0 Å². The molecule has 2 aliphatic rings. The first-order valence-corrected chi connectivity index (χ1v) is 7.65. The van der Waals surface area contributed by atoms with Crippen molar-refractivity contribution in [3.63, 3.8) is 0 Å². The van der Waals surface area contributed by atoms with Crippen molar-refractivity contribution in [2.75, 3.05) is 39.4 Å². The van der Waals surface area contributed by atoms with Gasteiger partial charge in [0, 0.05) is 26.2 Å². The molecule has 0 aliphatic carbocycles. The van der Waals surface area contributed by atoms with E-state index in [0.717, 1.165) is 18.7 Å². The Balaban J connectivity index is 1.58. The Hall–Kier alpha value is -1.50. The summed E-state index contributed by atoms with van der Waals surface area (Å²) in [5.74, 6) is -0.332. The standard InChI is InChI=1S/C16H21FN2O3/c17-13-3-1-12(2-4-13)9-16(21)19-10-14(15(20)11-19)18-5-7-22-8-6-18/h1-4,14-15,20H,5-11H2/t14-,15-/m1/s1. The summed E-state index contributed by atoms with van der Waals surface area (Å²) in [7, 11) is 0. The summed E-state index contributed by atoms with van der Waals surface area (Å²) in [4.78, 5) is 16.2. The average molecular weight is 308 g/mol. The molecule has 5 nitrogen and oxygen atoms in total. The molecule has 2 aliphatic heterocycles. The first kappa shape index (κ1) is 15.4. The molecule has 1 amide bonds. The van der Waals surface area contributed by atoms with Gasteiger partial charge in [-0.15, -0.1) is 0 Å². The van der Waals surface area contributed by atoms with Crippen LogP contribution in [0.1, 0.15) is 5.56 Å². The normalized spacial score (nSPS) is 26.4. The highest BCUT2D eigenvalue weighted by Crippen LogP contribution is 2.19. The highest BCUT2D eigenvalue weighted by Gasteiger charge is 2.37. The molecule has 3 rings (SSSR count). The third-order valence-electron chi connectivity index (χ3n) is 4.40. The van der Waals surface area contributed by atoms with Crippen molar-refractivity contribution in [2.24, 2.45) is 0 Å². The molecular formula is C16H21FN2O3. The van der Waals surface area contributed by atoms with Gasteiger partial charge < -0.3 is 14.7 Å². The number of halogens is 1. The summed E-state index contributed by atoms with van der Waals surface area (Å²) < 4.78 is 18.2. The summed E-state index contributed by atoms with van der Waals surface area (Å²) in [5.41, 5.74) is 0.788. The van der Waals surface area contributed by atoms with Gasteiger partial charge in [-0.05, 0) is 17.7 Å². The van der Waals surface area contributed by atoms with Crippen molar-refractivity contribution < 1.29 is 19.0 Å². The number of aliphatic hydroxyl groups is 1. The van der Waals surface area contributed by atoms with Crippen LogP contribution in [0.25, 0.3) is 0 Å². The molecule has 2 saturated heterocycles. The minimum absolute atomic E-state index is 0.0129. The van der Waals surface area contributed by atoms with Crippen molar-refractivity contribution in [3.8, 4) is 0 Å². The van der Waals surface area contributed by atoms with Crippen LogP contribution in [-0.2, 0) is 16.0 Å².